The van der Waals surface area contributed by atoms with Gasteiger partial charge in [-0.3, -0.25) is 14.4 Å². The van der Waals surface area contributed by atoms with Crippen molar-refractivity contribution in [2.24, 2.45) is 29.6 Å². The minimum Gasteiger partial charge on any atom is -0.426 e. The molecule has 2 aliphatic carbocycles. The minimum atomic E-state index is -0.496. The summed E-state index contributed by atoms with van der Waals surface area (Å²) in [5.41, 5.74) is 2.78. The Morgan fingerprint density at radius 2 is 1.94 bits per heavy atom. The monoisotopic (exact) mass is 568 g/mol. The van der Waals surface area contributed by atoms with E-state index in [2.05, 4.69) is 26.2 Å². The Kier molecular flexibility index (Phi) is 4.89. The molecule has 3 aromatic rings. The maximum atomic E-state index is 13.6. The summed E-state index contributed by atoms with van der Waals surface area (Å²) in [4.78, 5) is 43.6. The van der Waals surface area contributed by atoms with Gasteiger partial charge in [0.25, 0.3) is 0 Å². The van der Waals surface area contributed by atoms with Crippen LogP contribution in [0, 0.1) is 36.5 Å². The van der Waals surface area contributed by atoms with Crippen molar-refractivity contribution in [2.75, 3.05) is 5.32 Å². The number of aromatic nitrogens is 1. The van der Waals surface area contributed by atoms with E-state index < -0.39 is 11.8 Å². The van der Waals surface area contributed by atoms with Gasteiger partial charge in [0, 0.05) is 31.8 Å². The molecule has 2 N–H and O–H groups in total. The maximum Gasteiger partial charge on any atom is 0.315 e. The van der Waals surface area contributed by atoms with E-state index in [1.165, 1.54) is 11.3 Å². The molecular formula is C26H21BrN2O4S2. The number of fused-ring (bicyclic) bond motifs is 6. The molecule has 2 aliphatic heterocycles. The van der Waals surface area contributed by atoms with Crippen molar-refractivity contribution in [3.05, 3.63) is 72.6 Å². The van der Waals surface area contributed by atoms with E-state index in [9.17, 15) is 14.4 Å². The highest BCUT2D eigenvalue weighted by Gasteiger charge is 2.67. The predicted octanol–water partition coefficient (Wildman–Crippen LogP) is 5.17. The third-order valence-electron chi connectivity index (χ3n) is 8.12. The second-order valence-electron chi connectivity index (χ2n) is 9.92. The van der Waals surface area contributed by atoms with E-state index in [0.29, 0.717) is 5.75 Å². The molecule has 7 atom stereocenters. The molecule has 7 rings (SSSR count). The molecule has 1 amide bonds. The molecule has 3 heterocycles. The Bertz CT molecular complexity index is 1450. The summed E-state index contributed by atoms with van der Waals surface area (Å²) in [6.07, 6.45) is 0.813. The van der Waals surface area contributed by atoms with E-state index in [1.807, 2.05) is 49.4 Å². The lowest BCUT2D eigenvalue weighted by atomic mass is 9.66. The number of H-pyrrole nitrogens is 1. The average Bonchev–Trinajstić information content (AvgIpc) is 3.50. The van der Waals surface area contributed by atoms with Gasteiger partial charge in [-0.1, -0.05) is 45.0 Å². The molecule has 178 valence electrons. The Balaban J connectivity index is 1.35. The molecule has 0 spiro atoms. The van der Waals surface area contributed by atoms with Gasteiger partial charge in [0.1, 0.15) is 5.75 Å². The molecule has 2 fully saturated rings. The van der Waals surface area contributed by atoms with Crippen molar-refractivity contribution in [1.29, 1.82) is 0 Å². The highest BCUT2D eigenvalue weighted by atomic mass is 79.9. The molecule has 0 radical (unpaired) electrons. The number of carbonyl (C=O) groups excluding carboxylic acids is 2. The lowest BCUT2D eigenvalue weighted by Crippen LogP contribution is -2.50. The van der Waals surface area contributed by atoms with Crippen molar-refractivity contribution < 1.29 is 14.3 Å². The number of halogens is 1. The zero-order valence-electron chi connectivity index (χ0n) is 18.6. The number of thioether (sulfide) groups is 1. The first-order valence-corrected chi connectivity index (χ1v) is 14.2. The summed E-state index contributed by atoms with van der Waals surface area (Å²) >= 11 is 6.52. The molecule has 1 aromatic heterocycles. The SMILES string of the molecule is Cc1ccc(NC(=O)C2C3CC4C2C(=O)Oc2ccc(Br)cc2C2c5sc(=O)[nH]c5SC3C24)cc1. The topological polar surface area (TPSA) is 88.3 Å². The number of hydrogen-bond acceptors (Lipinski definition) is 6. The van der Waals surface area contributed by atoms with Gasteiger partial charge in [0.05, 0.1) is 16.9 Å². The normalized spacial score (nSPS) is 31.7. The Labute approximate surface area is 218 Å². The van der Waals surface area contributed by atoms with Crippen LogP contribution in [0.1, 0.15) is 28.3 Å². The van der Waals surface area contributed by atoms with Gasteiger partial charge in [0.15, 0.2) is 0 Å². The fraction of sp³-hybridized carbons (Fsp3) is 0.346. The van der Waals surface area contributed by atoms with Crippen LogP contribution in [-0.2, 0) is 9.59 Å². The highest BCUT2D eigenvalue weighted by Crippen LogP contribution is 2.68. The number of aryl methyl sites for hydroxylation is 1. The number of esters is 1. The second-order valence-corrected chi connectivity index (χ2v) is 13.0. The summed E-state index contributed by atoms with van der Waals surface area (Å²) < 4.78 is 6.91. The number of rotatable bonds is 2. The summed E-state index contributed by atoms with van der Waals surface area (Å²) in [6.45, 7) is 2.00. The number of carbonyl (C=O) groups is 2. The van der Waals surface area contributed by atoms with Gasteiger partial charge in [-0.15, -0.1) is 11.8 Å². The summed E-state index contributed by atoms with van der Waals surface area (Å²) in [5, 5.41) is 4.10. The molecule has 35 heavy (non-hydrogen) atoms. The van der Waals surface area contributed by atoms with Crippen LogP contribution in [0.2, 0.25) is 0 Å². The Morgan fingerprint density at radius 3 is 2.74 bits per heavy atom. The summed E-state index contributed by atoms with van der Waals surface area (Å²) in [6, 6.07) is 13.4. The predicted molar refractivity (Wildman–Crippen MR) is 138 cm³/mol. The number of thiazole rings is 1. The third kappa shape index (κ3) is 3.24. The van der Waals surface area contributed by atoms with Crippen LogP contribution in [-0.4, -0.2) is 22.1 Å². The van der Waals surface area contributed by atoms with Crippen LogP contribution in [0.5, 0.6) is 5.75 Å². The van der Waals surface area contributed by atoms with Crippen molar-refractivity contribution in [3.63, 3.8) is 0 Å². The zero-order chi connectivity index (χ0) is 24.0. The molecule has 4 aliphatic rings. The fourth-order valence-electron chi connectivity index (χ4n) is 6.86. The van der Waals surface area contributed by atoms with Crippen LogP contribution in [0.3, 0.4) is 0 Å². The van der Waals surface area contributed by atoms with Crippen LogP contribution >= 0.6 is 39.0 Å². The third-order valence-corrected chi connectivity index (χ3v) is 11.2. The van der Waals surface area contributed by atoms with Crippen LogP contribution in [0.25, 0.3) is 0 Å². The maximum absolute atomic E-state index is 13.6. The van der Waals surface area contributed by atoms with Gasteiger partial charge in [-0.2, -0.15) is 0 Å². The van der Waals surface area contributed by atoms with E-state index in [4.69, 9.17) is 4.74 Å². The standard InChI is InChI=1S/C26H21BrN2O4S2/c1-10-2-5-12(6-3-10)28-23(30)19-15-9-14-18-17(22-24(34-21(15)18)29-26(32)35-22)13-8-11(27)4-7-16(13)33-25(31)20(14)19/h2-8,14-15,17-21H,9H2,1H3,(H,28,30)(H,29,32). The molecule has 0 saturated heterocycles. The van der Waals surface area contributed by atoms with E-state index in [1.54, 1.807) is 11.8 Å². The zero-order valence-corrected chi connectivity index (χ0v) is 21.8. The van der Waals surface area contributed by atoms with Crippen molar-refractivity contribution in [2.45, 2.75) is 29.5 Å². The van der Waals surface area contributed by atoms with Gasteiger partial charge in [-0.05, 0) is 61.4 Å². The number of benzene rings is 2. The minimum absolute atomic E-state index is 0.0289. The van der Waals surface area contributed by atoms with Crippen LogP contribution in [0.4, 0.5) is 5.69 Å². The van der Waals surface area contributed by atoms with Crippen molar-refractivity contribution in [3.8, 4) is 5.75 Å². The largest absolute Gasteiger partial charge is 0.426 e. The molecule has 2 aromatic carbocycles. The molecule has 6 nitrogen and oxygen atoms in total. The first-order chi connectivity index (χ1) is 16.9. The van der Waals surface area contributed by atoms with Crippen LogP contribution < -0.4 is 14.9 Å². The van der Waals surface area contributed by atoms with E-state index >= 15 is 0 Å². The highest BCUT2D eigenvalue weighted by molar-refractivity contribution is 9.10. The number of hydrogen-bond donors (Lipinski definition) is 2. The Morgan fingerprint density at radius 1 is 1.14 bits per heavy atom. The second kappa shape index (κ2) is 7.82. The lowest BCUT2D eigenvalue weighted by molar-refractivity contribution is -0.147. The van der Waals surface area contributed by atoms with Gasteiger partial charge in [0.2, 0.25) is 5.91 Å². The number of aromatic amines is 1. The quantitative estimate of drug-likeness (QED) is 0.329. The van der Waals surface area contributed by atoms with Gasteiger partial charge in [-0.25, -0.2) is 0 Å². The summed E-state index contributed by atoms with van der Waals surface area (Å²) in [5.74, 6) is -0.701. The van der Waals surface area contributed by atoms with Gasteiger partial charge >= 0.3 is 10.8 Å². The fourth-order valence-corrected chi connectivity index (χ4v) is 10.1. The molecule has 9 heteroatoms. The van der Waals surface area contributed by atoms with E-state index in [0.717, 1.165) is 37.6 Å². The molecular weight excluding hydrogens is 548 g/mol. The number of ether oxygens (including phenoxy) is 1. The van der Waals surface area contributed by atoms with Gasteiger partial charge < -0.3 is 15.0 Å². The number of amides is 1. The summed E-state index contributed by atoms with van der Waals surface area (Å²) in [7, 11) is 0. The first kappa shape index (κ1) is 21.9. The number of anilines is 1. The first-order valence-electron chi connectivity index (χ1n) is 11.7. The number of nitrogens with one attached hydrogen (secondary N) is 2. The van der Waals surface area contributed by atoms with Crippen LogP contribution in [0.15, 0.2) is 56.8 Å². The molecule has 7 unspecified atom stereocenters. The van der Waals surface area contributed by atoms with Crippen molar-refractivity contribution in [1.82, 2.24) is 4.98 Å². The van der Waals surface area contributed by atoms with E-state index in [-0.39, 0.29) is 45.7 Å². The molecule has 2 saturated carbocycles. The molecule has 2 bridgehead atoms. The van der Waals surface area contributed by atoms with Crippen molar-refractivity contribution >= 4 is 56.6 Å². The average molecular weight is 570 g/mol. The lowest BCUT2D eigenvalue weighted by Gasteiger charge is -2.46. The Hall–Kier alpha value is -2.36. The smallest absolute Gasteiger partial charge is 0.315 e.